The molecule has 1 aromatic rings. The van der Waals surface area contributed by atoms with Gasteiger partial charge in [-0.1, -0.05) is 11.6 Å². The zero-order valence-electron chi connectivity index (χ0n) is 8.55. The summed E-state index contributed by atoms with van der Waals surface area (Å²) in [6.45, 7) is 3.99. The summed E-state index contributed by atoms with van der Waals surface area (Å²) in [5.74, 6) is 0.776. The van der Waals surface area contributed by atoms with E-state index in [0.717, 1.165) is 43.0 Å². The molecule has 0 fully saturated rings. The SMILES string of the molecule is Cc1nc(Cl)c2c(n1)CCN(C)CC2. The van der Waals surface area contributed by atoms with Crippen LogP contribution in [-0.4, -0.2) is 35.0 Å². The molecule has 4 heteroatoms. The second-order valence-corrected chi connectivity index (χ2v) is 4.15. The van der Waals surface area contributed by atoms with Gasteiger partial charge in [0.25, 0.3) is 0 Å². The third-order valence-electron chi connectivity index (χ3n) is 2.63. The van der Waals surface area contributed by atoms with Gasteiger partial charge in [0.2, 0.25) is 0 Å². The van der Waals surface area contributed by atoms with E-state index in [2.05, 4.69) is 21.9 Å². The van der Waals surface area contributed by atoms with Crippen LogP contribution in [0, 0.1) is 6.92 Å². The molecule has 2 rings (SSSR count). The zero-order valence-corrected chi connectivity index (χ0v) is 9.30. The van der Waals surface area contributed by atoms with Gasteiger partial charge in [-0.3, -0.25) is 0 Å². The fourth-order valence-electron chi connectivity index (χ4n) is 1.78. The molecule has 76 valence electrons. The molecule has 0 amide bonds. The van der Waals surface area contributed by atoms with Crippen molar-refractivity contribution in [3.05, 3.63) is 22.2 Å². The van der Waals surface area contributed by atoms with E-state index >= 15 is 0 Å². The summed E-state index contributed by atoms with van der Waals surface area (Å²) in [7, 11) is 2.13. The van der Waals surface area contributed by atoms with Crippen LogP contribution in [0.4, 0.5) is 0 Å². The largest absolute Gasteiger partial charge is 0.306 e. The molecule has 1 aliphatic rings. The number of hydrogen-bond donors (Lipinski definition) is 0. The fraction of sp³-hybridized carbons (Fsp3) is 0.600. The van der Waals surface area contributed by atoms with Crippen molar-refractivity contribution in [3.8, 4) is 0 Å². The molecule has 0 saturated heterocycles. The van der Waals surface area contributed by atoms with Crippen LogP contribution in [-0.2, 0) is 12.8 Å². The molecule has 1 aliphatic heterocycles. The van der Waals surface area contributed by atoms with E-state index in [0.29, 0.717) is 5.15 Å². The van der Waals surface area contributed by atoms with E-state index < -0.39 is 0 Å². The number of likely N-dealkylation sites (N-methyl/N-ethyl adjacent to an activating group) is 1. The first-order chi connectivity index (χ1) is 6.66. The quantitative estimate of drug-likeness (QED) is 0.609. The molecule has 0 atom stereocenters. The second-order valence-electron chi connectivity index (χ2n) is 3.79. The average molecular weight is 212 g/mol. The van der Waals surface area contributed by atoms with Crippen molar-refractivity contribution in [1.82, 2.24) is 14.9 Å². The molecule has 0 aromatic carbocycles. The standard InChI is InChI=1S/C10H14ClN3/c1-7-12-9-4-6-14(2)5-3-8(9)10(11)13-7/h3-6H2,1-2H3. The molecule has 0 saturated carbocycles. The highest BCUT2D eigenvalue weighted by Crippen LogP contribution is 2.20. The minimum Gasteiger partial charge on any atom is -0.306 e. The Balaban J connectivity index is 2.40. The smallest absolute Gasteiger partial charge is 0.136 e. The van der Waals surface area contributed by atoms with Gasteiger partial charge >= 0.3 is 0 Å². The van der Waals surface area contributed by atoms with Crippen LogP contribution >= 0.6 is 11.6 Å². The molecular weight excluding hydrogens is 198 g/mol. The normalized spacial score (nSPS) is 17.6. The lowest BCUT2D eigenvalue weighted by atomic mass is 10.1. The van der Waals surface area contributed by atoms with Crippen molar-refractivity contribution in [2.24, 2.45) is 0 Å². The van der Waals surface area contributed by atoms with Gasteiger partial charge in [-0.05, 0) is 20.4 Å². The predicted molar refractivity (Wildman–Crippen MR) is 56.7 cm³/mol. The van der Waals surface area contributed by atoms with Gasteiger partial charge in [-0.2, -0.15) is 0 Å². The Morgan fingerprint density at radius 2 is 1.93 bits per heavy atom. The second kappa shape index (κ2) is 3.83. The van der Waals surface area contributed by atoms with E-state index in [1.165, 1.54) is 0 Å². The lowest BCUT2D eigenvalue weighted by molar-refractivity contribution is 0.352. The summed E-state index contributed by atoms with van der Waals surface area (Å²) < 4.78 is 0. The number of aromatic nitrogens is 2. The maximum Gasteiger partial charge on any atom is 0.136 e. The van der Waals surface area contributed by atoms with Crippen LogP contribution < -0.4 is 0 Å². The molecule has 0 bridgehead atoms. The first kappa shape index (κ1) is 9.87. The third-order valence-corrected chi connectivity index (χ3v) is 2.94. The highest BCUT2D eigenvalue weighted by Gasteiger charge is 2.16. The minimum atomic E-state index is 0.641. The van der Waals surface area contributed by atoms with Crippen molar-refractivity contribution >= 4 is 11.6 Å². The summed E-state index contributed by atoms with van der Waals surface area (Å²) >= 11 is 6.10. The maximum absolute atomic E-state index is 6.10. The molecule has 0 spiro atoms. The van der Waals surface area contributed by atoms with Gasteiger partial charge in [0.1, 0.15) is 11.0 Å². The molecule has 1 aromatic heterocycles. The highest BCUT2D eigenvalue weighted by atomic mass is 35.5. The van der Waals surface area contributed by atoms with Crippen molar-refractivity contribution in [3.63, 3.8) is 0 Å². The summed E-state index contributed by atoms with van der Waals surface area (Å²) in [5, 5.41) is 0.641. The van der Waals surface area contributed by atoms with E-state index in [4.69, 9.17) is 11.6 Å². The predicted octanol–water partition coefficient (Wildman–Crippen LogP) is 1.47. The minimum absolute atomic E-state index is 0.641. The van der Waals surface area contributed by atoms with Crippen LogP contribution in [0.15, 0.2) is 0 Å². The van der Waals surface area contributed by atoms with Crippen molar-refractivity contribution in [1.29, 1.82) is 0 Å². The lowest BCUT2D eigenvalue weighted by Gasteiger charge is -2.10. The number of aryl methyl sites for hydroxylation is 1. The van der Waals surface area contributed by atoms with Crippen LogP contribution in [0.5, 0.6) is 0 Å². The molecular formula is C10H14ClN3. The van der Waals surface area contributed by atoms with E-state index in [-0.39, 0.29) is 0 Å². The zero-order chi connectivity index (χ0) is 10.1. The molecule has 0 unspecified atom stereocenters. The number of halogens is 1. The Bertz CT molecular complexity index is 351. The van der Waals surface area contributed by atoms with Crippen molar-refractivity contribution < 1.29 is 0 Å². The Morgan fingerprint density at radius 3 is 2.71 bits per heavy atom. The monoisotopic (exact) mass is 211 g/mol. The summed E-state index contributed by atoms with van der Waals surface area (Å²) in [4.78, 5) is 10.9. The van der Waals surface area contributed by atoms with Gasteiger partial charge < -0.3 is 4.90 Å². The Labute approximate surface area is 89.1 Å². The van der Waals surface area contributed by atoms with Crippen LogP contribution in [0.2, 0.25) is 5.15 Å². The topological polar surface area (TPSA) is 29.0 Å². The van der Waals surface area contributed by atoms with Crippen LogP contribution in [0.3, 0.4) is 0 Å². The van der Waals surface area contributed by atoms with Gasteiger partial charge in [-0.15, -0.1) is 0 Å². The molecule has 0 radical (unpaired) electrons. The Hall–Kier alpha value is -0.670. The van der Waals surface area contributed by atoms with Gasteiger partial charge in [0.15, 0.2) is 0 Å². The first-order valence-electron chi connectivity index (χ1n) is 4.87. The van der Waals surface area contributed by atoms with E-state index in [1.54, 1.807) is 0 Å². The lowest BCUT2D eigenvalue weighted by Crippen LogP contribution is -2.20. The summed E-state index contributed by atoms with van der Waals surface area (Å²) in [6, 6.07) is 0. The fourth-order valence-corrected chi connectivity index (χ4v) is 2.11. The Morgan fingerprint density at radius 1 is 1.21 bits per heavy atom. The van der Waals surface area contributed by atoms with Crippen LogP contribution in [0.25, 0.3) is 0 Å². The van der Waals surface area contributed by atoms with Gasteiger partial charge in [0, 0.05) is 25.1 Å². The first-order valence-corrected chi connectivity index (χ1v) is 5.25. The Kier molecular flexibility index (Phi) is 2.70. The highest BCUT2D eigenvalue weighted by molar-refractivity contribution is 6.30. The van der Waals surface area contributed by atoms with Gasteiger partial charge in [-0.25, -0.2) is 9.97 Å². The number of hydrogen-bond acceptors (Lipinski definition) is 3. The molecule has 0 N–H and O–H groups in total. The number of rotatable bonds is 0. The average Bonchev–Trinajstić information content (AvgIpc) is 2.28. The summed E-state index contributed by atoms with van der Waals surface area (Å²) in [5.41, 5.74) is 2.27. The van der Waals surface area contributed by atoms with Crippen molar-refractivity contribution in [2.75, 3.05) is 20.1 Å². The molecule has 2 heterocycles. The molecule has 0 aliphatic carbocycles. The van der Waals surface area contributed by atoms with Gasteiger partial charge in [0.05, 0.1) is 5.69 Å². The maximum atomic E-state index is 6.10. The summed E-state index contributed by atoms with van der Waals surface area (Å²) in [6.07, 6.45) is 1.94. The molecule has 3 nitrogen and oxygen atoms in total. The molecule has 14 heavy (non-hydrogen) atoms. The van der Waals surface area contributed by atoms with E-state index in [1.807, 2.05) is 6.92 Å². The number of nitrogens with zero attached hydrogens (tertiary/aromatic N) is 3. The third kappa shape index (κ3) is 1.88. The van der Waals surface area contributed by atoms with E-state index in [9.17, 15) is 0 Å². The van der Waals surface area contributed by atoms with Crippen molar-refractivity contribution in [2.45, 2.75) is 19.8 Å². The number of fused-ring (bicyclic) bond motifs is 1. The van der Waals surface area contributed by atoms with Crippen LogP contribution in [0.1, 0.15) is 17.1 Å².